The molecule has 1 aliphatic rings. The highest BCUT2D eigenvalue weighted by Crippen LogP contribution is 2.68. The lowest BCUT2D eigenvalue weighted by molar-refractivity contribution is 0.457. The Morgan fingerprint density at radius 3 is 2.33 bits per heavy atom. The molecule has 0 unspecified atom stereocenters. The van der Waals surface area contributed by atoms with E-state index in [0.29, 0.717) is 16.7 Å². The second kappa shape index (κ2) is 4.48. The minimum Gasteiger partial charge on any atom is -0.370 e. The highest BCUT2D eigenvalue weighted by Gasteiger charge is 2.64. The van der Waals surface area contributed by atoms with E-state index in [1.807, 2.05) is 6.07 Å². The van der Waals surface area contributed by atoms with Crippen LogP contribution in [0.15, 0.2) is 10.7 Å². The van der Waals surface area contributed by atoms with Crippen molar-refractivity contribution in [1.82, 2.24) is 9.97 Å². The van der Waals surface area contributed by atoms with Gasteiger partial charge < -0.3 is 5.32 Å². The molecule has 1 aromatic heterocycles. The van der Waals surface area contributed by atoms with Crippen molar-refractivity contribution >= 4 is 21.7 Å². The first-order chi connectivity index (χ1) is 8.29. The van der Waals surface area contributed by atoms with Gasteiger partial charge in [0.25, 0.3) is 0 Å². The van der Waals surface area contributed by atoms with Crippen molar-refractivity contribution in [2.75, 3.05) is 11.9 Å². The van der Waals surface area contributed by atoms with Crippen LogP contribution in [0.5, 0.6) is 0 Å². The topological polar surface area (TPSA) is 37.8 Å². The standard InChI is InChI=1S/C14H22BrN3/c1-6-11-17-10(15)7-12(18-11)16-8-9-13(2,3)14(9,4)5/h7,9H,6,8H2,1-5H3,(H,16,17,18). The Bertz CT molecular complexity index is 440. The van der Waals surface area contributed by atoms with Crippen LogP contribution in [0.4, 0.5) is 5.82 Å². The molecule has 0 aromatic carbocycles. The smallest absolute Gasteiger partial charge is 0.131 e. The lowest BCUT2D eigenvalue weighted by atomic mass is 10.0. The molecule has 4 heteroatoms. The molecule has 18 heavy (non-hydrogen) atoms. The van der Waals surface area contributed by atoms with Gasteiger partial charge in [-0.3, -0.25) is 0 Å². The highest BCUT2D eigenvalue weighted by molar-refractivity contribution is 9.10. The maximum absolute atomic E-state index is 4.50. The van der Waals surface area contributed by atoms with Gasteiger partial charge >= 0.3 is 0 Å². The van der Waals surface area contributed by atoms with E-state index < -0.39 is 0 Å². The molecule has 1 aromatic rings. The number of aryl methyl sites for hydroxylation is 1. The molecule has 1 N–H and O–H groups in total. The zero-order valence-electron chi connectivity index (χ0n) is 11.8. The fraction of sp³-hybridized carbons (Fsp3) is 0.714. The molecule has 2 rings (SSSR count). The number of nitrogens with one attached hydrogen (secondary N) is 1. The molecule has 1 saturated carbocycles. The van der Waals surface area contributed by atoms with Crippen molar-refractivity contribution in [3.63, 3.8) is 0 Å². The minimum atomic E-state index is 0.415. The van der Waals surface area contributed by atoms with Crippen molar-refractivity contribution in [2.45, 2.75) is 41.0 Å². The van der Waals surface area contributed by atoms with Gasteiger partial charge in [0, 0.05) is 19.0 Å². The fourth-order valence-corrected chi connectivity index (χ4v) is 3.19. The maximum atomic E-state index is 4.50. The SMILES string of the molecule is CCc1nc(Br)cc(NCC2C(C)(C)C2(C)C)n1. The fourth-order valence-electron chi connectivity index (χ4n) is 2.76. The zero-order chi connectivity index (χ0) is 13.6. The third-order valence-electron chi connectivity index (χ3n) is 4.86. The van der Waals surface area contributed by atoms with E-state index in [9.17, 15) is 0 Å². The molecule has 100 valence electrons. The van der Waals surface area contributed by atoms with Crippen LogP contribution in [0.2, 0.25) is 0 Å². The first-order valence-electron chi connectivity index (χ1n) is 6.56. The highest BCUT2D eigenvalue weighted by atomic mass is 79.9. The maximum Gasteiger partial charge on any atom is 0.131 e. The number of halogens is 1. The minimum absolute atomic E-state index is 0.415. The van der Waals surface area contributed by atoms with Crippen molar-refractivity contribution in [3.05, 3.63) is 16.5 Å². The average Bonchev–Trinajstić information content (AvgIpc) is 2.66. The molecule has 0 atom stereocenters. The van der Waals surface area contributed by atoms with Crippen molar-refractivity contribution in [2.24, 2.45) is 16.7 Å². The van der Waals surface area contributed by atoms with Gasteiger partial charge in [-0.2, -0.15) is 0 Å². The van der Waals surface area contributed by atoms with Gasteiger partial charge in [0.05, 0.1) is 0 Å². The summed E-state index contributed by atoms with van der Waals surface area (Å²) < 4.78 is 0.853. The Balaban J connectivity index is 2.02. The Morgan fingerprint density at radius 2 is 1.83 bits per heavy atom. The monoisotopic (exact) mass is 311 g/mol. The van der Waals surface area contributed by atoms with Crippen LogP contribution in [-0.2, 0) is 6.42 Å². The Labute approximate surface area is 118 Å². The number of rotatable bonds is 4. The summed E-state index contributed by atoms with van der Waals surface area (Å²) in [5.41, 5.74) is 0.829. The van der Waals surface area contributed by atoms with Crippen LogP contribution < -0.4 is 5.32 Å². The normalized spacial score (nSPS) is 20.8. The molecule has 0 amide bonds. The summed E-state index contributed by atoms with van der Waals surface area (Å²) >= 11 is 3.43. The van der Waals surface area contributed by atoms with E-state index in [1.165, 1.54) is 0 Å². The van der Waals surface area contributed by atoms with Gasteiger partial charge in [0.2, 0.25) is 0 Å². The first-order valence-corrected chi connectivity index (χ1v) is 7.35. The second-order valence-electron chi connectivity index (χ2n) is 6.22. The predicted molar refractivity (Wildman–Crippen MR) is 78.7 cm³/mol. The molecule has 1 aliphatic carbocycles. The van der Waals surface area contributed by atoms with Gasteiger partial charge in [-0.05, 0) is 32.7 Å². The third kappa shape index (κ3) is 2.27. The summed E-state index contributed by atoms with van der Waals surface area (Å²) in [7, 11) is 0. The summed E-state index contributed by atoms with van der Waals surface area (Å²) in [5, 5.41) is 3.45. The molecule has 0 saturated heterocycles. The van der Waals surface area contributed by atoms with Crippen LogP contribution in [0.1, 0.15) is 40.4 Å². The summed E-state index contributed by atoms with van der Waals surface area (Å²) in [4.78, 5) is 8.81. The lowest BCUT2D eigenvalue weighted by Gasteiger charge is -2.08. The first kappa shape index (κ1) is 13.8. The van der Waals surface area contributed by atoms with E-state index >= 15 is 0 Å². The van der Waals surface area contributed by atoms with E-state index in [4.69, 9.17) is 0 Å². The van der Waals surface area contributed by atoms with Crippen LogP contribution in [0.3, 0.4) is 0 Å². The van der Waals surface area contributed by atoms with Crippen molar-refractivity contribution in [3.8, 4) is 0 Å². The van der Waals surface area contributed by atoms with Crippen LogP contribution >= 0.6 is 15.9 Å². The van der Waals surface area contributed by atoms with Crippen LogP contribution in [0.25, 0.3) is 0 Å². The van der Waals surface area contributed by atoms with Crippen molar-refractivity contribution in [1.29, 1.82) is 0 Å². The molecule has 1 fully saturated rings. The zero-order valence-corrected chi connectivity index (χ0v) is 13.4. The quantitative estimate of drug-likeness (QED) is 0.857. The molecular weight excluding hydrogens is 290 g/mol. The molecule has 0 bridgehead atoms. The third-order valence-corrected chi connectivity index (χ3v) is 5.27. The van der Waals surface area contributed by atoms with Gasteiger partial charge in [-0.25, -0.2) is 9.97 Å². The van der Waals surface area contributed by atoms with E-state index in [2.05, 4.69) is 65.8 Å². The number of nitrogens with zero attached hydrogens (tertiary/aromatic N) is 2. The summed E-state index contributed by atoms with van der Waals surface area (Å²) in [6.07, 6.45) is 0.856. The second-order valence-corrected chi connectivity index (χ2v) is 7.04. The van der Waals surface area contributed by atoms with Crippen LogP contribution in [-0.4, -0.2) is 16.5 Å². The molecular formula is C14H22BrN3. The number of hydrogen-bond acceptors (Lipinski definition) is 3. The Hall–Kier alpha value is -0.640. The van der Waals surface area contributed by atoms with Gasteiger partial charge in [0.15, 0.2) is 0 Å². The van der Waals surface area contributed by atoms with E-state index in [1.54, 1.807) is 0 Å². The molecule has 3 nitrogen and oxygen atoms in total. The number of hydrogen-bond donors (Lipinski definition) is 1. The summed E-state index contributed by atoms with van der Waals surface area (Å²) in [6.45, 7) is 12.4. The number of aromatic nitrogens is 2. The summed E-state index contributed by atoms with van der Waals surface area (Å²) in [6, 6.07) is 1.95. The van der Waals surface area contributed by atoms with Crippen molar-refractivity contribution < 1.29 is 0 Å². The largest absolute Gasteiger partial charge is 0.370 e. The van der Waals surface area contributed by atoms with Gasteiger partial charge in [0.1, 0.15) is 16.2 Å². The predicted octanol–water partition coefficient (Wildman–Crippen LogP) is 3.90. The van der Waals surface area contributed by atoms with E-state index in [0.717, 1.165) is 29.2 Å². The van der Waals surface area contributed by atoms with Gasteiger partial charge in [-0.1, -0.05) is 34.6 Å². The molecule has 1 heterocycles. The van der Waals surface area contributed by atoms with Gasteiger partial charge in [-0.15, -0.1) is 0 Å². The molecule has 0 radical (unpaired) electrons. The summed E-state index contributed by atoms with van der Waals surface area (Å²) in [5.74, 6) is 2.50. The van der Waals surface area contributed by atoms with E-state index in [-0.39, 0.29) is 0 Å². The Kier molecular flexibility index (Phi) is 3.43. The van der Waals surface area contributed by atoms with Crippen LogP contribution in [0, 0.1) is 16.7 Å². The lowest BCUT2D eigenvalue weighted by Crippen LogP contribution is -2.10. The molecule has 0 aliphatic heterocycles. The Morgan fingerprint density at radius 1 is 1.22 bits per heavy atom. The number of anilines is 1. The average molecular weight is 312 g/mol. The molecule has 0 spiro atoms.